The van der Waals surface area contributed by atoms with Crippen LogP contribution in [0, 0.1) is 5.92 Å². The van der Waals surface area contributed by atoms with Gasteiger partial charge in [-0.2, -0.15) is 5.10 Å². The molecule has 5 rings (SSSR count). The number of nitrogens with zero attached hydrogens (tertiary/aromatic N) is 3. The van der Waals surface area contributed by atoms with Crippen LogP contribution in [0.1, 0.15) is 45.4 Å². The minimum Gasteiger partial charge on any atom is -0.452 e. The van der Waals surface area contributed by atoms with Crippen LogP contribution in [0.4, 0.5) is 0 Å². The van der Waals surface area contributed by atoms with E-state index in [0.717, 1.165) is 35.4 Å². The summed E-state index contributed by atoms with van der Waals surface area (Å²) < 4.78 is 5.28. The molecule has 34 heavy (non-hydrogen) atoms. The molecule has 1 aliphatic carbocycles. The second kappa shape index (κ2) is 10.00. The molecule has 1 aliphatic heterocycles. The van der Waals surface area contributed by atoms with Crippen molar-refractivity contribution in [3.8, 4) is 0 Å². The van der Waals surface area contributed by atoms with Crippen LogP contribution in [-0.2, 0) is 9.53 Å². The molecule has 0 unspecified atom stereocenters. The Balaban J connectivity index is 1.38. The van der Waals surface area contributed by atoms with Gasteiger partial charge in [-0.15, -0.1) is 22.7 Å². The first-order valence-electron chi connectivity index (χ1n) is 10.7. The summed E-state index contributed by atoms with van der Waals surface area (Å²) in [5.74, 6) is -0.968. The highest BCUT2D eigenvalue weighted by molar-refractivity contribution is 7.11. The topological polar surface area (TPSA) is 71.9 Å². The molecule has 0 spiro atoms. The fraction of sp³-hybridized carbons (Fsp3) is 0.250. The van der Waals surface area contributed by atoms with Gasteiger partial charge in [-0.05, 0) is 59.9 Å². The van der Waals surface area contributed by atoms with Gasteiger partial charge in [-0.1, -0.05) is 35.3 Å². The maximum atomic E-state index is 13.2. The highest BCUT2D eigenvalue weighted by Crippen LogP contribution is 2.45. The van der Waals surface area contributed by atoms with Crippen LogP contribution in [0.2, 0.25) is 10.2 Å². The number of carbonyl (C=O) groups excluding carboxylic acids is 2. The zero-order valence-corrected chi connectivity index (χ0v) is 21.0. The first kappa shape index (κ1) is 23.2. The van der Waals surface area contributed by atoms with Gasteiger partial charge in [0.1, 0.15) is 5.15 Å². The molecule has 10 heteroatoms. The molecule has 1 saturated carbocycles. The second-order valence-electron chi connectivity index (χ2n) is 7.94. The van der Waals surface area contributed by atoms with Crippen LogP contribution in [0.15, 0.2) is 58.0 Å². The van der Waals surface area contributed by atoms with E-state index in [9.17, 15) is 9.59 Å². The third-order valence-corrected chi connectivity index (χ3v) is 8.26. The highest BCUT2D eigenvalue weighted by atomic mass is 35.5. The van der Waals surface area contributed by atoms with Crippen molar-refractivity contribution in [2.24, 2.45) is 11.0 Å². The first-order valence-corrected chi connectivity index (χ1v) is 13.2. The predicted molar refractivity (Wildman–Crippen MR) is 136 cm³/mol. The van der Waals surface area contributed by atoms with Gasteiger partial charge in [0, 0.05) is 21.9 Å². The predicted octanol–water partition coefficient (Wildman–Crippen LogP) is 6.49. The molecule has 2 aliphatic rings. The minimum atomic E-state index is -0.699. The number of thiophene rings is 2. The zero-order valence-electron chi connectivity index (χ0n) is 17.8. The molecule has 0 N–H and O–H groups in total. The smallest absolute Gasteiger partial charge is 0.340 e. The number of rotatable bonds is 5. The van der Waals surface area contributed by atoms with Crippen LogP contribution in [0.25, 0.3) is 6.08 Å². The maximum absolute atomic E-state index is 13.2. The van der Waals surface area contributed by atoms with Crippen molar-refractivity contribution in [2.75, 3.05) is 6.61 Å². The molecule has 1 amide bonds. The third-order valence-electron chi connectivity index (χ3n) is 5.81. The molecule has 3 aromatic heterocycles. The number of hydrogen-bond acceptors (Lipinski definition) is 7. The number of aromatic nitrogens is 1. The van der Waals surface area contributed by atoms with Gasteiger partial charge in [-0.3, -0.25) is 4.79 Å². The summed E-state index contributed by atoms with van der Waals surface area (Å²) in [5.41, 5.74) is 2.24. The van der Waals surface area contributed by atoms with Gasteiger partial charge < -0.3 is 4.74 Å². The van der Waals surface area contributed by atoms with E-state index in [4.69, 9.17) is 33.0 Å². The average molecular weight is 532 g/mol. The Bertz CT molecular complexity index is 1270. The van der Waals surface area contributed by atoms with Crippen molar-refractivity contribution >= 4 is 69.5 Å². The Morgan fingerprint density at radius 3 is 2.76 bits per heavy atom. The summed E-state index contributed by atoms with van der Waals surface area (Å²) in [4.78, 5) is 31.8. The van der Waals surface area contributed by atoms with E-state index in [0.29, 0.717) is 0 Å². The fourth-order valence-electron chi connectivity index (χ4n) is 4.30. The standard InChI is InChI=1S/C24H19Cl2N3O3S2/c25-18-11-15(12-27-23(18)26)24(31)32-13-20(30)29-22(19-7-3-9-34-19)17-6-1-4-14(21(17)28-29)10-16-5-2-8-33-16/h2-3,5,7-12,17,22H,1,4,6,13H2/b14-10+/t17-,22-/m1/s1. The van der Waals surface area contributed by atoms with Gasteiger partial charge in [0.25, 0.3) is 5.91 Å². The Labute approximate surface area is 214 Å². The molecule has 0 bridgehead atoms. The SMILES string of the molecule is O=C(OCC(=O)N1N=C2/C(=C/c3cccs3)CCC[C@H]2[C@@H]1c1cccs1)c1cnc(Cl)c(Cl)c1. The summed E-state index contributed by atoms with van der Waals surface area (Å²) in [5, 5.41) is 10.6. The molecule has 0 radical (unpaired) electrons. The lowest BCUT2D eigenvalue weighted by atomic mass is 9.79. The van der Waals surface area contributed by atoms with Crippen LogP contribution < -0.4 is 0 Å². The van der Waals surface area contributed by atoms with Crippen LogP contribution in [0.3, 0.4) is 0 Å². The molecular formula is C24H19Cl2N3O3S2. The van der Waals surface area contributed by atoms with Gasteiger partial charge in [0.15, 0.2) is 6.61 Å². The van der Waals surface area contributed by atoms with E-state index in [2.05, 4.69) is 17.1 Å². The number of carbonyl (C=O) groups is 2. The molecule has 2 atom stereocenters. The number of ether oxygens (including phenoxy) is 1. The van der Waals surface area contributed by atoms with E-state index in [1.54, 1.807) is 22.7 Å². The second-order valence-corrected chi connectivity index (χ2v) is 10.7. The largest absolute Gasteiger partial charge is 0.452 e. The van der Waals surface area contributed by atoms with E-state index >= 15 is 0 Å². The summed E-state index contributed by atoms with van der Waals surface area (Å²) in [6, 6.07) is 9.26. The molecule has 6 nitrogen and oxygen atoms in total. The summed E-state index contributed by atoms with van der Waals surface area (Å²) >= 11 is 15.0. The quantitative estimate of drug-likeness (QED) is 0.278. The number of halogens is 2. The summed E-state index contributed by atoms with van der Waals surface area (Å²) in [6.07, 6.45) is 6.34. The molecule has 3 aromatic rings. The van der Waals surface area contributed by atoms with Crippen molar-refractivity contribution in [3.05, 3.63) is 78.4 Å². The van der Waals surface area contributed by atoms with Crippen molar-refractivity contribution in [1.82, 2.24) is 9.99 Å². The van der Waals surface area contributed by atoms with Crippen LogP contribution in [0.5, 0.6) is 0 Å². The first-order chi connectivity index (χ1) is 16.5. The Morgan fingerprint density at radius 2 is 2.03 bits per heavy atom. The third kappa shape index (κ3) is 4.68. The number of amides is 1. The lowest BCUT2D eigenvalue weighted by molar-refractivity contribution is -0.136. The lowest BCUT2D eigenvalue weighted by Gasteiger charge is -2.28. The van der Waals surface area contributed by atoms with Crippen molar-refractivity contribution < 1.29 is 14.3 Å². The van der Waals surface area contributed by atoms with Gasteiger partial charge in [0.2, 0.25) is 0 Å². The van der Waals surface area contributed by atoms with Gasteiger partial charge in [-0.25, -0.2) is 14.8 Å². The van der Waals surface area contributed by atoms with Crippen molar-refractivity contribution in [2.45, 2.75) is 25.3 Å². The van der Waals surface area contributed by atoms with Gasteiger partial charge in [0.05, 0.1) is 22.3 Å². The lowest BCUT2D eigenvalue weighted by Crippen LogP contribution is -2.34. The fourth-order valence-corrected chi connectivity index (χ4v) is 6.13. The van der Waals surface area contributed by atoms with Crippen LogP contribution in [-0.4, -0.2) is 34.2 Å². The number of esters is 1. The summed E-state index contributed by atoms with van der Waals surface area (Å²) in [7, 11) is 0. The minimum absolute atomic E-state index is 0.0926. The molecule has 0 aromatic carbocycles. The van der Waals surface area contributed by atoms with Crippen molar-refractivity contribution in [3.63, 3.8) is 0 Å². The van der Waals surface area contributed by atoms with Crippen LogP contribution >= 0.6 is 45.9 Å². The normalized spacial score (nSPS) is 20.8. The average Bonchev–Trinajstić information content (AvgIpc) is 3.60. The zero-order chi connectivity index (χ0) is 23.7. The number of fused-ring (bicyclic) bond motifs is 1. The van der Waals surface area contributed by atoms with E-state index in [1.807, 2.05) is 29.0 Å². The number of pyridine rings is 1. The number of hydrogen-bond donors (Lipinski definition) is 0. The maximum Gasteiger partial charge on any atom is 0.340 e. The molecule has 0 saturated heterocycles. The Kier molecular flexibility index (Phi) is 6.83. The Morgan fingerprint density at radius 1 is 1.21 bits per heavy atom. The number of allylic oxidation sites excluding steroid dienone is 1. The van der Waals surface area contributed by atoms with Gasteiger partial charge >= 0.3 is 5.97 Å². The van der Waals surface area contributed by atoms with Crippen molar-refractivity contribution in [1.29, 1.82) is 0 Å². The molecule has 174 valence electrons. The number of hydrazone groups is 1. The highest BCUT2D eigenvalue weighted by Gasteiger charge is 2.44. The molecular weight excluding hydrogens is 513 g/mol. The van der Waals surface area contributed by atoms with E-state index < -0.39 is 12.6 Å². The van der Waals surface area contributed by atoms with E-state index in [-0.39, 0.29) is 33.6 Å². The summed E-state index contributed by atoms with van der Waals surface area (Å²) in [6.45, 7) is -0.436. The van der Waals surface area contributed by atoms with E-state index in [1.165, 1.54) is 22.1 Å². The molecule has 4 heterocycles. The Hall–Kier alpha value is -2.52. The molecule has 1 fully saturated rings. The monoisotopic (exact) mass is 531 g/mol.